The second-order valence-electron chi connectivity index (χ2n) is 4.16. The van der Waals surface area contributed by atoms with Crippen molar-refractivity contribution in [3.05, 3.63) is 27.2 Å². The van der Waals surface area contributed by atoms with E-state index in [4.69, 9.17) is 39.5 Å². The number of benzene rings is 1. The maximum atomic E-state index is 6.01. The summed E-state index contributed by atoms with van der Waals surface area (Å²) < 4.78 is 5.58. The fourth-order valence-corrected chi connectivity index (χ4v) is 2.33. The third kappa shape index (κ3) is 5.23. The predicted octanol–water partition coefficient (Wildman–Crippen LogP) is 4.80. The smallest absolute Gasteiger partial charge is 0.156 e. The minimum absolute atomic E-state index is 0.447. The van der Waals surface area contributed by atoms with Crippen LogP contribution < -0.4 is 10.1 Å². The van der Waals surface area contributed by atoms with Gasteiger partial charge in [0.05, 0.1) is 16.7 Å². The van der Waals surface area contributed by atoms with E-state index in [-0.39, 0.29) is 0 Å². The molecule has 1 atom stereocenters. The first-order valence-corrected chi connectivity index (χ1v) is 7.18. The Morgan fingerprint density at radius 1 is 1.22 bits per heavy atom. The molecule has 1 unspecified atom stereocenters. The number of rotatable bonds is 7. The van der Waals surface area contributed by atoms with Crippen LogP contribution >= 0.6 is 34.8 Å². The third-order valence-electron chi connectivity index (χ3n) is 2.64. The molecule has 0 aromatic heterocycles. The molecule has 0 saturated carbocycles. The van der Waals surface area contributed by atoms with E-state index in [0.29, 0.717) is 33.5 Å². The highest BCUT2D eigenvalue weighted by Crippen LogP contribution is 2.35. The van der Waals surface area contributed by atoms with Gasteiger partial charge in [0.1, 0.15) is 0 Å². The lowest BCUT2D eigenvalue weighted by Crippen LogP contribution is -2.27. The Bertz CT molecular complexity index is 361. The molecule has 18 heavy (non-hydrogen) atoms. The highest BCUT2D eigenvalue weighted by Gasteiger charge is 2.08. The normalized spacial score (nSPS) is 12.5. The van der Waals surface area contributed by atoms with Crippen molar-refractivity contribution in [2.45, 2.75) is 32.7 Å². The zero-order valence-corrected chi connectivity index (χ0v) is 12.9. The van der Waals surface area contributed by atoms with Crippen LogP contribution in [0.4, 0.5) is 0 Å². The maximum absolute atomic E-state index is 6.01. The molecule has 1 aromatic rings. The standard InChI is InChI=1S/C13H18Cl3NO/c1-3-9(2)17-5-4-6-18-13-11(15)7-10(14)8-12(13)16/h7-9,17H,3-6H2,1-2H3. The van der Waals surface area contributed by atoms with Gasteiger partial charge in [-0.15, -0.1) is 0 Å². The van der Waals surface area contributed by atoms with Gasteiger partial charge in [-0.05, 0) is 38.4 Å². The largest absolute Gasteiger partial charge is 0.490 e. The Labute approximate surface area is 124 Å². The number of ether oxygens (including phenoxy) is 1. The van der Waals surface area contributed by atoms with Crippen molar-refractivity contribution < 1.29 is 4.74 Å². The average molecular weight is 311 g/mol. The fourth-order valence-electron chi connectivity index (χ4n) is 1.41. The Kier molecular flexibility index (Phi) is 7.16. The molecule has 5 heteroatoms. The van der Waals surface area contributed by atoms with Crippen molar-refractivity contribution in [3.8, 4) is 5.75 Å². The summed E-state index contributed by atoms with van der Waals surface area (Å²) in [6.45, 7) is 5.80. The highest BCUT2D eigenvalue weighted by atomic mass is 35.5. The van der Waals surface area contributed by atoms with Crippen molar-refractivity contribution >= 4 is 34.8 Å². The Morgan fingerprint density at radius 2 is 1.83 bits per heavy atom. The number of nitrogens with one attached hydrogen (secondary N) is 1. The molecule has 2 nitrogen and oxygen atoms in total. The zero-order valence-electron chi connectivity index (χ0n) is 10.6. The Hall–Kier alpha value is -0.150. The summed E-state index contributed by atoms with van der Waals surface area (Å²) in [4.78, 5) is 0. The van der Waals surface area contributed by atoms with E-state index in [1.165, 1.54) is 0 Å². The van der Waals surface area contributed by atoms with Crippen molar-refractivity contribution in [2.24, 2.45) is 0 Å². The van der Waals surface area contributed by atoms with Crippen LogP contribution in [-0.2, 0) is 0 Å². The van der Waals surface area contributed by atoms with Crippen molar-refractivity contribution in [2.75, 3.05) is 13.2 Å². The monoisotopic (exact) mass is 309 g/mol. The van der Waals surface area contributed by atoms with E-state index in [9.17, 15) is 0 Å². The van der Waals surface area contributed by atoms with E-state index < -0.39 is 0 Å². The SMILES string of the molecule is CCC(C)NCCCOc1c(Cl)cc(Cl)cc1Cl. The topological polar surface area (TPSA) is 21.3 Å². The van der Waals surface area contributed by atoms with E-state index in [0.717, 1.165) is 19.4 Å². The molecule has 0 heterocycles. The number of halogens is 3. The Balaban J connectivity index is 2.36. The van der Waals surface area contributed by atoms with Gasteiger partial charge in [-0.25, -0.2) is 0 Å². The van der Waals surface area contributed by atoms with Crippen LogP contribution in [0, 0.1) is 0 Å². The average Bonchev–Trinajstić information content (AvgIpc) is 2.31. The summed E-state index contributed by atoms with van der Waals surface area (Å²) in [6.07, 6.45) is 2.02. The van der Waals surface area contributed by atoms with Gasteiger partial charge < -0.3 is 10.1 Å². The van der Waals surface area contributed by atoms with Gasteiger partial charge in [0.15, 0.2) is 5.75 Å². The van der Waals surface area contributed by atoms with Gasteiger partial charge in [0.2, 0.25) is 0 Å². The molecular weight excluding hydrogens is 293 g/mol. The summed E-state index contributed by atoms with van der Waals surface area (Å²) in [5.41, 5.74) is 0. The first-order chi connectivity index (χ1) is 8.54. The van der Waals surface area contributed by atoms with Gasteiger partial charge in [-0.3, -0.25) is 0 Å². The van der Waals surface area contributed by atoms with Crippen LogP contribution in [0.1, 0.15) is 26.7 Å². The molecule has 0 fully saturated rings. The fraction of sp³-hybridized carbons (Fsp3) is 0.538. The molecule has 0 aliphatic rings. The quantitative estimate of drug-likeness (QED) is 0.730. The van der Waals surface area contributed by atoms with Gasteiger partial charge in [0.25, 0.3) is 0 Å². The summed E-state index contributed by atoms with van der Waals surface area (Å²) in [5.74, 6) is 0.506. The van der Waals surface area contributed by atoms with Gasteiger partial charge in [-0.1, -0.05) is 41.7 Å². The lowest BCUT2D eigenvalue weighted by atomic mass is 10.2. The molecule has 0 spiro atoms. The second-order valence-corrected chi connectivity index (χ2v) is 5.41. The van der Waals surface area contributed by atoms with Crippen LogP contribution in [0.5, 0.6) is 5.75 Å². The zero-order chi connectivity index (χ0) is 13.5. The first-order valence-electron chi connectivity index (χ1n) is 6.05. The maximum Gasteiger partial charge on any atom is 0.156 e. The third-order valence-corrected chi connectivity index (χ3v) is 3.42. The summed E-state index contributed by atoms with van der Waals surface area (Å²) in [7, 11) is 0. The summed E-state index contributed by atoms with van der Waals surface area (Å²) in [5, 5.41) is 4.79. The first kappa shape index (κ1) is 15.9. The van der Waals surface area contributed by atoms with E-state index in [2.05, 4.69) is 19.2 Å². The van der Waals surface area contributed by atoms with Crippen molar-refractivity contribution in [3.63, 3.8) is 0 Å². The van der Waals surface area contributed by atoms with Gasteiger partial charge in [0, 0.05) is 11.1 Å². The molecule has 0 aliphatic carbocycles. The van der Waals surface area contributed by atoms with Gasteiger partial charge >= 0.3 is 0 Å². The number of hydrogen-bond donors (Lipinski definition) is 1. The van der Waals surface area contributed by atoms with Crippen LogP contribution in [0.3, 0.4) is 0 Å². The minimum atomic E-state index is 0.447. The van der Waals surface area contributed by atoms with Crippen LogP contribution in [0.2, 0.25) is 15.1 Å². The molecule has 102 valence electrons. The molecule has 0 bridgehead atoms. The molecule has 0 aliphatic heterocycles. The molecule has 1 rings (SSSR count). The highest BCUT2D eigenvalue weighted by molar-refractivity contribution is 6.40. The van der Waals surface area contributed by atoms with Crippen LogP contribution in [0.15, 0.2) is 12.1 Å². The Morgan fingerprint density at radius 3 is 2.39 bits per heavy atom. The molecule has 0 saturated heterocycles. The lowest BCUT2D eigenvalue weighted by molar-refractivity contribution is 0.305. The molecule has 1 aromatic carbocycles. The minimum Gasteiger partial charge on any atom is -0.490 e. The van der Waals surface area contributed by atoms with E-state index in [1.54, 1.807) is 12.1 Å². The lowest BCUT2D eigenvalue weighted by Gasteiger charge is -2.13. The van der Waals surface area contributed by atoms with Crippen LogP contribution in [-0.4, -0.2) is 19.2 Å². The second kappa shape index (κ2) is 8.11. The van der Waals surface area contributed by atoms with Crippen molar-refractivity contribution in [1.29, 1.82) is 0 Å². The predicted molar refractivity (Wildman–Crippen MR) is 79.3 cm³/mol. The van der Waals surface area contributed by atoms with Crippen LogP contribution in [0.25, 0.3) is 0 Å². The van der Waals surface area contributed by atoms with E-state index >= 15 is 0 Å². The molecular formula is C13H18Cl3NO. The summed E-state index contributed by atoms with van der Waals surface area (Å²) in [6, 6.07) is 3.79. The summed E-state index contributed by atoms with van der Waals surface area (Å²) >= 11 is 17.8. The van der Waals surface area contributed by atoms with E-state index in [1.807, 2.05) is 0 Å². The molecule has 0 amide bonds. The molecule has 1 N–H and O–H groups in total. The van der Waals surface area contributed by atoms with Crippen molar-refractivity contribution in [1.82, 2.24) is 5.32 Å². The molecule has 0 radical (unpaired) electrons. The van der Waals surface area contributed by atoms with Gasteiger partial charge in [-0.2, -0.15) is 0 Å². The number of hydrogen-bond acceptors (Lipinski definition) is 2.